The van der Waals surface area contributed by atoms with E-state index in [0.717, 1.165) is 0 Å². The lowest BCUT2D eigenvalue weighted by Crippen LogP contribution is -2.20. The molecule has 104 valence electrons. The van der Waals surface area contributed by atoms with E-state index in [2.05, 4.69) is 25.7 Å². The van der Waals surface area contributed by atoms with Gasteiger partial charge in [-0.05, 0) is 12.1 Å². The molecular formula is C13H9N5O3. The van der Waals surface area contributed by atoms with Crippen molar-refractivity contribution in [2.45, 2.75) is 0 Å². The molecule has 3 rings (SSSR count). The highest BCUT2D eigenvalue weighted by Gasteiger charge is 2.14. The van der Waals surface area contributed by atoms with Gasteiger partial charge in [0.05, 0.1) is 5.39 Å². The summed E-state index contributed by atoms with van der Waals surface area (Å²) in [5, 5.41) is 15.2. The van der Waals surface area contributed by atoms with Crippen LogP contribution >= 0.6 is 0 Å². The quantitative estimate of drug-likeness (QED) is 0.623. The molecule has 0 unspecified atom stereocenters. The van der Waals surface area contributed by atoms with E-state index in [1.165, 1.54) is 12.1 Å². The number of hydrogen-bond donors (Lipinski definition) is 3. The summed E-state index contributed by atoms with van der Waals surface area (Å²) < 4.78 is 0. The largest absolute Gasteiger partial charge is 0.304 e. The maximum atomic E-state index is 12.2. The Morgan fingerprint density at radius 2 is 1.71 bits per heavy atom. The smallest absolute Gasteiger partial charge is 0.277 e. The fourth-order valence-electron chi connectivity index (χ4n) is 1.88. The number of hydrogen-bond acceptors (Lipinski definition) is 5. The van der Waals surface area contributed by atoms with E-state index in [0.29, 0.717) is 10.8 Å². The summed E-state index contributed by atoms with van der Waals surface area (Å²) in [4.78, 5) is 34.8. The molecule has 2 aromatic heterocycles. The lowest BCUT2D eigenvalue weighted by molar-refractivity contribution is 0.102. The fourth-order valence-corrected chi connectivity index (χ4v) is 1.88. The Bertz CT molecular complexity index is 924. The van der Waals surface area contributed by atoms with Crippen molar-refractivity contribution in [3.8, 4) is 0 Å². The molecule has 0 bridgehead atoms. The monoisotopic (exact) mass is 283 g/mol. The highest BCUT2D eigenvalue weighted by atomic mass is 16.2. The summed E-state index contributed by atoms with van der Waals surface area (Å²) in [5.74, 6) is -0.362. The molecule has 0 saturated carbocycles. The Hall–Kier alpha value is -3.29. The Labute approximate surface area is 116 Å². The maximum Gasteiger partial charge on any atom is 0.277 e. The molecule has 0 aliphatic carbocycles. The maximum absolute atomic E-state index is 12.2. The van der Waals surface area contributed by atoms with Crippen molar-refractivity contribution in [1.29, 1.82) is 0 Å². The molecule has 8 heteroatoms. The molecule has 0 aliphatic heterocycles. The lowest BCUT2D eigenvalue weighted by Gasteiger charge is -2.05. The molecule has 0 atom stereocenters. The van der Waals surface area contributed by atoms with Gasteiger partial charge < -0.3 is 5.32 Å². The van der Waals surface area contributed by atoms with Crippen LogP contribution in [0.15, 0.2) is 46.0 Å². The van der Waals surface area contributed by atoms with Gasteiger partial charge in [0, 0.05) is 11.5 Å². The topological polar surface area (TPSA) is 121 Å². The second kappa shape index (κ2) is 5.00. The number of anilines is 1. The van der Waals surface area contributed by atoms with E-state index < -0.39 is 5.91 Å². The predicted molar refractivity (Wildman–Crippen MR) is 75.2 cm³/mol. The number of rotatable bonds is 2. The van der Waals surface area contributed by atoms with Gasteiger partial charge in [0.25, 0.3) is 17.0 Å². The van der Waals surface area contributed by atoms with Crippen LogP contribution in [-0.2, 0) is 0 Å². The number of H-pyrrole nitrogens is 2. The van der Waals surface area contributed by atoms with E-state index in [1.807, 2.05) is 0 Å². The molecule has 2 heterocycles. The van der Waals surface area contributed by atoms with Crippen molar-refractivity contribution >= 4 is 22.5 Å². The molecule has 0 aliphatic rings. The number of carbonyl (C=O) groups is 1. The van der Waals surface area contributed by atoms with Gasteiger partial charge in [-0.15, -0.1) is 0 Å². The summed E-state index contributed by atoms with van der Waals surface area (Å²) >= 11 is 0. The minimum Gasteiger partial charge on any atom is -0.304 e. The normalized spacial score (nSPS) is 10.5. The first kappa shape index (κ1) is 12.7. The molecule has 0 fully saturated rings. The number of carbonyl (C=O) groups excluding carboxylic acids is 1. The standard InChI is InChI=1S/C13H9N5O3/c19-10-6-5-9(15-16-10)14-13(21)11-7-3-1-2-4-8(7)12(20)18-17-11/h1-6H,(H,16,19)(H,18,20)(H,14,15,21). The van der Waals surface area contributed by atoms with Gasteiger partial charge in [-0.25, -0.2) is 10.2 Å². The third-order valence-corrected chi connectivity index (χ3v) is 2.83. The Balaban J connectivity index is 2.02. The van der Waals surface area contributed by atoms with Gasteiger partial charge in [0.15, 0.2) is 11.5 Å². The minimum atomic E-state index is -0.540. The van der Waals surface area contributed by atoms with E-state index in [1.54, 1.807) is 24.3 Å². The van der Waals surface area contributed by atoms with Gasteiger partial charge in [0.1, 0.15) is 0 Å². The van der Waals surface area contributed by atoms with Crippen molar-refractivity contribution in [2.24, 2.45) is 0 Å². The second-order valence-corrected chi connectivity index (χ2v) is 4.21. The number of fused-ring (bicyclic) bond motifs is 1. The van der Waals surface area contributed by atoms with Crippen LogP contribution in [0.25, 0.3) is 10.8 Å². The van der Waals surface area contributed by atoms with Crippen LogP contribution in [0.1, 0.15) is 10.5 Å². The first-order chi connectivity index (χ1) is 10.1. The molecule has 0 spiro atoms. The molecule has 0 radical (unpaired) electrons. The zero-order valence-electron chi connectivity index (χ0n) is 10.6. The number of amides is 1. The Morgan fingerprint density at radius 1 is 0.952 bits per heavy atom. The van der Waals surface area contributed by atoms with Crippen molar-refractivity contribution in [3.05, 3.63) is 62.8 Å². The van der Waals surface area contributed by atoms with Crippen molar-refractivity contribution in [1.82, 2.24) is 20.4 Å². The molecule has 3 N–H and O–H groups in total. The molecule has 0 saturated heterocycles. The van der Waals surface area contributed by atoms with Crippen LogP contribution in [0.3, 0.4) is 0 Å². The number of aromatic nitrogens is 4. The first-order valence-electron chi connectivity index (χ1n) is 5.99. The van der Waals surface area contributed by atoms with Gasteiger partial charge in [-0.2, -0.15) is 10.2 Å². The second-order valence-electron chi connectivity index (χ2n) is 4.21. The summed E-state index contributed by atoms with van der Waals surface area (Å²) in [5.41, 5.74) is -0.678. The molecule has 21 heavy (non-hydrogen) atoms. The molecule has 3 aromatic rings. The molecular weight excluding hydrogens is 274 g/mol. The third kappa shape index (κ3) is 2.41. The highest BCUT2D eigenvalue weighted by molar-refractivity contribution is 6.10. The summed E-state index contributed by atoms with van der Waals surface area (Å²) in [6.07, 6.45) is 0. The van der Waals surface area contributed by atoms with E-state index in [9.17, 15) is 14.4 Å². The van der Waals surface area contributed by atoms with Crippen LogP contribution in [0.2, 0.25) is 0 Å². The Kier molecular flexibility index (Phi) is 3.03. The highest BCUT2D eigenvalue weighted by Crippen LogP contribution is 2.13. The SMILES string of the molecule is O=C(Nc1ccc(=O)[nH]n1)c1n[nH]c(=O)c2ccccc12. The van der Waals surface area contributed by atoms with E-state index in [4.69, 9.17) is 0 Å². The van der Waals surface area contributed by atoms with Gasteiger partial charge >= 0.3 is 0 Å². The predicted octanol–water partition coefficient (Wildman–Crippen LogP) is 0.259. The average molecular weight is 283 g/mol. The van der Waals surface area contributed by atoms with Crippen LogP contribution in [0, 0.1) is 0 Å². The average Bonchev–Trinajstić information content (AvgIpc) is 2.50. The van der Waals surface area contributed by atoms with Crippen molar-refractivity contribution < 1.29 is 4.79 Å². The third-order valence-electron chi connectivity index (χ3n) is 2.83. The zero-order valence-corrected chi connectivity index (χ0v) is 10.6. The summed E-state index contributed by atoms with van der Waals surface area (Å²) in [7, 11) is 0. The first-order valence-corrected chi connectivity index (χ1v) is 5.99. The van der Waals surface area contributed by atoms with E-state index in [-0.39, 0.29) is 22.6 Å². The summed E-state index contributed by atoms with van der Waals surface area (Å²) in [6, 6.07) is 9.24. The minimum absolute atomic E-state index is 0.0678. The fraction of sp³-hybridized carbons (Fsp3) is 0. The molecule has 8 nitrogen and oxygen atoms in total. The van der Waals surface area contributed by atoms with Crippen LogP contribution in [-0.4, -0.2) is 26.3 Å². The number of aromatic amines is 2. The van der Waals surface area contributed by atoms with Crippen molar-refractivity contribution in [3.63, 3.8) is 0 Å². The zero-order chi connectivity index (χ0) is 14.8. The van der Waals surface area contributed by atoms with Gasteiger partial charge in [-0.1, -0.05) is 18.2 Å². The Morgan fingerprint density at radius 3 is 2.43 bits per heavy atom. The number of nitrogens with one attached hydrogen (secondary N) is 3. The van der Waals surface area contributed by atoms with Gasteiger partial charge in [-0.3, -0.25) is 14.4 Å². The van der Waals surface area contributed by atoms with E-state index >= 15 is 0 Å². The molecule has 1 aromatic carbocycles. The number of nitrogens with zero attached hydrogens (tertiary/aromatic N) is 2. The lowest BCUT2D eigenvalue weighted by atomic mass is 10.1. The van der Waals surface area contributed by atoms with Gasteiger partial charge in [0.2, 0.25) is 0 Å². The molecule has 1 amide bonds. The van der Waals surface area contributed by atoms with Crippen molar-refractivity contribution in [2.75, 3.05) is 5.32 Å². The number of benzene rings is 1. The van der Waals surface area contributed by atoms with Crippen LogP contribution in [0.5, 0.6) is 0 Å². The van der Waals surface area contributed by atoms with Crippen LogP contribution in [0.4, 0.5) is 5.82 Å². The van der Waals surface area contributed by atoms with Crippen LogP contribution < -0.4 is 16.4 Å². The summed E-state index contributed by atoms with van der Waals surface area (Å²) in [6.45, 7) is 0.